The average Bonchev–Trinajstić information content (AvgIpc) is 3.50. The van der Waals surface area contributed by atoms with Crippen LogP contribution >= 0.6 is 11.3 Å². The molecule has 0 radical (unpaired) electrons. The Morgan fingerprint density at radius 2 is 1.80 bits per heavy atom. The maximum absolute atomic E-state index is 11.3. The van der Waals surface area contributed by atoms with Crippen LogP contribution in [0, 0.1) is 6.92 Å². The van der Waals surface area contributed by atoms with Crippen molar-refractivity contribution >= 4 is 17.3 Å². The monoisotopic (exact) mass is 493 g/mol. The predicted octanol–water partition coefficient (Wildman–Crippen LogP) is 5.48. The Balaban J connectivity index is 1.38. The molecule has 0 bridgehead atoms. The molecule has 0 saturated heterocycles. The highest BCUT2D eigenvalue weighted by Gasteiger charge is 2.18. The molecular weight excluding hydrogens is 466 g/mol. The third kappa shape index (κ3) is 6.16. The van der Waals surface area contributed by atoms with Gasteiger partial charge < -0.3 is 24.2 Å². The molecule has 0 aliphatic carbocycles. The molecule has 0 aliphatic heterocycles. The smallest absolute Gasteiger partial charge is 0.333 e. The van der Waals surface area contributed by atoms with Crippen LogP contribution in [0.5, 0.6) is 5.75 Å². The van der Waals surface area contributed by atoms with E-state index in [0.717, 1.165) is 37.8 Å². The van der Waals surface area contributed by atoms with E-state index in [1.807, 2.05) is 48.5 Å². The third-order valence-electron chi connectivity index (χ3n) is 5.55. The van der Waals surface area contributed by atoms with Crippen LogP contribution in [0.4, 0.5) is 0 Å². The minimum Gasteiger partial charge on any atom is -0.488 e. The summed E-state index contributed by atoms with van der Waals surface area (Å²) in [5, 5.41) is 22.2. The van der Waals surface area contributed by atoms with Crippen molar-refractivity contribution in [3.05, 3.63) is 82.4 Å². The van der Waals surface area contributed by atoms with Gasteiger partial charge in [0, 0.05) is 34.4 Å². The van der Waals surface area contributed by atoms with E-state index in [1.165, 1.54) is 0 Å². The Bertz CT molecular complexity index is 1260. The number of aliphatic hydroxyl groups is 1. The Hall–Kier alpha value is -3.46. The van der Waals surface area contributed by atoms with Gasteiger partial charge in [-0.15, -0.1) is 11.3 Å². The van der Waals surface area contributed by atoms with Crippen molar-refractivity contribution in [2.24, 2.45) is 0 Å². The maximum atomic E-state index is 11.3. The Labute approximate surface area is 207 Å². The van der Waals surface area contributed by atoms with E-state index in [0.29, 0.717) is 31.1 Å². The Morgan fingerprint density at radius 1 is 1.09 bits per heavy atom. The minimum atomic E-state index is -0.959. The number of nitrogens with zero attached hydrogens (tertiary/aromatic N) is 1. The summed E-state index contributed by atoms with van der Waals surface area (Å²) >= 11 is 1.69. The summed E-state index contributed by atoms with van der Waals surface area (Å²) in [5.74, 6) is 0.393. The number of aliphatic carboxylic acids is 1. The first-order chi connectivity index (χ1) is 17.0. The number of aryl methyl sites for hydroxylation is 1. The number of hydrogen-bond donors (Lipinski definition) is 2. The molecule has 2 aromatic carbocycles. The number of hydrogen-bond acceptors (Lipinski definition) is 7. The molecule has 1 atom stereocenters. The highest BCUT2D eigenvalue weighted by Crippen LogP contribution is 2.33. The van der Waals surface area contributed by atoms with Gasteiger partial charge in [0.15, 0.2) is 11.9 Å². The number of aromatic nitrogens is 1. The molecule has 8 heteroatoms. The zero-order valence-corrected chi connectivity index (χ0v) is 20.4. The quantitative estimate of drug-likeness (QED) is 0.285. The van der Waals surface area contributed by atoms with Gasteiger partial charge in [0.05, 0.1) is 6.61 Å². The van der Waals surface area contributed by atoms with Crippen LogP contribution in [0.25, 0.3) is 21.8 Å². The zero-order chi connectivity index (χ0) is 24.8. The van der Waals surface area contributed by atoms with E-state index < -0.39 is 12.1 Å². The van der Waals surface area contributed by atoms with Crippen LogP contribution in [0.15, 0.2) is 65.2 Å². The second-order valence-electron chi connectivity index (χ2n) is 8.05. The second-order valence-corrected chi connectivity index (χ2v) is 9.19. The van der Waals surface area contributed by atoms with Crippen LogP contribution in [-0.4, -0.2) is 34.0 Å². The van der Waals surface area contributed by atoms with E-state index in [-0.39, 0.29) is 6.61 Å². The molecule has 4 rings (SSSR count). The molecule has 2 aromatic heterocycles. The number of aliphatic hydroxyl groups excluding tert-OH is 1. The first-order valence-electron chi connectivity index (χ1n) is 11.3. The average molecular weight is 494 g/mol. The number of carboxylic acids is 1. The number of rotatable bonds is 11. The van der Waals surface area contributed by atoms with Crippen LogP contribution in [-0.2, 0) is 29.2 Å². The van der Waals surface area contributed by atoms with Crippen LogP contribution in [0.1, 0.15) is 28.6 Å². The summed E-state index contributed by atoms with van der Waals surface area (Å²) in [4.78, 5) is 13.6. The minimum absolute atomic E-state index is 0.149. The van der Waals surface area contributed by atoms with E-state index in [2.05, 4.69) is 18.1 Å². The maximum Gasteiger partial charge on any atom is 0.333 e. The fourth-order valence-corrected chi connectivity index (χ4v) is 4.72. The summed E-state index contributed by atoms with van der Waals surface area (Å²) in [7, 11) is 0. The van der Waals surface area contributed by atoms with Gasteiger partial charge in [-0.05, 0) is 48.7 Å². The molecule has 4 aromatic rings. The fourth-order valence-electron chi connectivity index (χ4n) is 3.63. The summed E-state index contributed by atoms with van der Waals surface area (Å²) in [5.41, 5.74) is 4.55. The fraction of sp³-hybridized carbons (Fsp3) is 0.259. The molecule has 0 amide bonds. The van der Waals surface area contributed by atoms with E-state index in [1.54, 1.807) is 24.3 Å². The third-order valence-corrected chi connectivity index (χ3v) is 6.81. The summed E-state index contributed by atoms with van der Waals surface area (Å²) in [6, 6.07) is 19.4. The lowest BCUT2D eigenvalue weighted by molar-refractivity contribution is -0.149. The van der Waals surface area contributed by atoms with Crippen molar-refractivity contribution < 1.29 is 29.0 Å². The number of thiophene rings is 1. The highest BCUT2D eigenvalue weighted by molar-refractivity contribution is 7.15. The number of carboxylic acid groups (broad SMARTS) is 1. The number of carbonyl (C=O) groups is 1. The molecular formula is C27H27NO6S. The van der Waals surface area contributed by atoms with Gasteiger partial charge in [0.1, 0.15) is 18.1 Å². The van der Waals surface area contributed by atoms with Crippen LogP contribution in [0.3, 0.4) is 0 Å². The lowest BCUT2D eigenvalue weighted by Gasteiger charge is -2.13. The molecule has 0 spiro atoms. The molecule has 2 N–H and O–H groups in total. The molecule has 2 heterocycles. The van der Waals surface area contributed by atoms with Gasteiger partial charge in [-0.1, -0.05) is 41.6 Å². The zero-order valence-electron chi connectivity index (χ0n) is 19.6. The predicted molar refractivity (Wildman–Crippen MR) is 133 cm³/mol. The van der Waals surface area contributed by atoms with Gasteiger partial charge >= 0.3 is 5.97 Å². The van der Waals surface area contributed by atoms with Crippen molar-refractivity contribution in [3.8, 4) is 27.5 Å². The molecule has 1 unspecified atom stereocenters. The van der Waals surface area contributed by atoms with E-state index in [4.69, 9.17) is 19.1 Å². The normalized spacial score (nSPS) is 12.0. The molecule has 0 fully saturated rings. The lowest BCUT2D eigenvalue weighted by atomic mass is 10.1. The topological polar surface area (TPSA) is 102 Å². The van der Waals surface area contributed by atoms with Crippen molar-refractivity contribution in [1.82, 2.24) is 5.16 Å². The largest absolute Gasteiger partial charge is 0.488 e. The summed E-state index contributed by atoms with van der Waals surface area (Å²) in [6.45, 7) is 4.52. The Kier molecular flexibility index (Phi) is 7.97. The van der Waals surface area contributed by atoms with Crippen molar-refractivity contribution in [2.75, 3.05) is 6.61 Å². The lowest BCUT2D eigenvalue weighted by Crippen LogP contribution is -2.26. The second kappa shape index (κ2) is 11.3. The van der Waals surface area contributed by atoms with Crippen molar-refractivity contribution in [3.63, 3.8) is 0 Å². The van der Waals surface area contributed by atoms with Gasteiger partial charge in [0.2, 0.25) is 0 Å². The van der Waals surface area contributed by atoms with E-state index in [9.17, 15) is 9.90 Å². The van der Waals surface area contributed by atoms with Gasteiger partial charge in [0.25, 0.3) is 0 Å². The van der Waals surface area contributed by atoms with Gasteiger partial charge in [-0.3, -0.25) is 0 Å². The van der Waals surface area contributed by atoms with Crippen molar-refractivity contribution in [2.45, 2.75) is 39.6 Å². The first kappa shape index (κ1) is 24.7. The highest BCUT2D eigenvalue weighted by atomic mass is 32.1. The van der Waals surface area contributed by atoms with Gasteiger partial charge in [-0.25, -0.2) is 4.79 Å². The molecule has 35 heavy (non-hydrogen) atoms. The molecule has 7 nitrogen and oxygen atoms in total. The molecule has 0 saturated carbocycles. The molecule has 0 aliphatic rings. The number of ether oxygens (including phenoxy) is 2. The number of benzene rings is 2. The van der Waals surface area contributed by atoms with E-state index >= 15 is 0 Å². The van der Waals surface area contributed by atoms with Gasteiger partial charge in [-0.2, -0.15) is 0 Å². The first-order valence-corrected chi connectivity index (χ1v) is 12.1. The summed E-state index contributed by atoms with van der Waals surface area (Å²) in [6.07, 6.45) is -0.531. The van der Waals surface area contributed by atoms with Crippen LogP contribution < -0.4 is 4.74 Å². The van der Waals surface area contributed by atoms with Crippen LogP contribution in [0.2, 0.25) is 0 Å². The summed E-state index contributed by atoms with van der Waals surface area (Å²) < 4.78 is 16.5. The Morgan fingerprint density at radius 3 is 2.43 bits per heavy atom. The van der Waals surface area contributed by atoms with Crippen molar-refractivity contribution in [1.29, 1.82) is 0 Å². The standard InChI is InChI=1S/C27H27NO6S/c1-3-32-24(27(30)31)13-18-4-10-22(11-5-18)33-16-26-17(2)12-25(35-26)20-8-6-19(7-9-20)23-14-21(15-29)28-34-23/h4-12,14,24,29H,3,13,15-16H2,1-2H3,(H,30,31). The molecule has 182 valence electrons. The SMILES string of the molecule is CCOC(Cc1ccc(OCc2sc(-c3ccc(-c4cc(CO)no4)cc3)cc2C)cc1)C(=O)O.